The Labute approximate surface area is 164 Å². The Hall–Kier alpha value is -3.06. The molecule has 1 aliphatic rings. The molecule has 3 aromatic rings. The number of hydrogen-bond acceptors (Lipinski definition) is 5. The molecule has 1 fully saturated rings. The van der Waals surface area contributed by atoms with Crippen LogP contribution in [0.1, 0.15) is 41.5 Å². The number of benzene rings is 2. The summed E-state index contributed by atoms with van der Waals surface area (Å²) in [6.07, 6.45) is 3.33. The van der Waals surface area contributed by atoms with E-state index in [1.807, 2.05) is 36.4 Å². The molecule has 4 rings (SSSR count). The third kappa shape index (κ3) is 4.26. The van der Waals surface area contributed by atoms with Crippen LogP contribution >= 0.6 is 0 Å². The molecule has 0 spiro atoms. The van der Waals surface area contributed by atoms with Crippen LogP contribution in [0.3, 0.4) is 0 Å². The van der Waals surface area contributed by atoms with Crippen LogP contribution in [0, 0.1) is 0 Å². The number of amides is 1. The summed E-state index contributed by atoms with van der Waals surface area (Å²) in [4.78, 5) is 16.3. The van der Waals surface area contributed by atoms with Gasteiger partial charge in [0.2, 0.25) is 0 Å². The molecule has 1 N–H and O–H groups in total. The quantitative estimate of drug-likeness (QED) is 0.686. The molecule has 1 saturated heterocycles. The topological polar surface area (TPSA) is 75.9 Å². The largest absolute Gasteiger partial charge is 0.349 e. The van der Waals surface area contributed by atoms with Gasteiger partial charge in [-0.05, 0) is 55.3 Å². The lowest BCUT2D eigenvalue weighted by molar-refractivity contribution is 0.0938. The maximum absolute atomic E-state index is 12.4. The Morgan fingerprint density at radius 3 is 2.39 bits per heavy atom. The third-order valence-electron chi connectivity index (χ3n) is 5.07. The van der Waals surface area contributed by atoms with Crippen LogP contribution in [0.5, 0.6) is 0 Å². The van der Waals surface area contributed by atoms with Crippen LogP contribution in [0.4, 0.5) is 0 Å². The number of carbonyl (C=O) groups is 1. The molecule has 1 amide bonds. The predicted molar refractivity (Wildman–Crippen MR) is 106 cm³/mol. The molecule has 0 saturated carbocycles. The van der Waals surface area contributed by atoms with Gasteiger partial charge in [0, 0.05) is 12.6 Å². The summed E-state index contributed by atoms with van der Waals surface area (Å²) in [5, 5.41) is 15.0. The van der Waals surface area contributed by atoms with Crippen molar-refractivity contribution in [3.63, 3.8) is 0 Å². The highest BCUT2D eigenvalue weighted by Crippen LogP contribution is 2.27. The van der Waals surface area contributed by atoms with Gasteiger partial charge in [0.1, 0.15) is 0 Å². The van der Waals surface area contributed by atoms with E-state index in [-0.39, 0.29) is 11.7 Å². The van der Waals surface area contributed by atoms with Crippen molar-refractivity contribution in [3.05, 3.63) is 72.1 Å². The Kier molecular flexibility index (Phi) is 5.72. The maximum atomic E-state index is 12.4. The van der Waals surface area contributed by atoms with Gasteiger partial charge in [0.05, 0.1) is 5.69 Å². The van der Waals surface area contributed by atoms with E-state index in [4.69, 9.17) is 0 Å². The zero-order valence-corrected chi connectivity index (χ0v) is 15.7. The minimum absolute atomic E-state index is 0.0845. The molecule has 0 bridgehead atoms. The molecule has 1 aromatic heterocycles. The van der Waals surface area contributed by atoms with Crippen molar-refractivity contribution >= 4 is 5.91 Å². The van der Waals surface area contributed by atoms with Crippen molar-refractivity contribution in [2.75, 3.05) is 19.6 Å². The number of para-hydroxylation sites is 1. The summed E-state index contributed by atoms with van der Waals surface area (Å²) in [5.41, 5.74) is 2.07. The van der Waals surface area contributed by atoms with Crippen LogP contribution in [0.25, 0.3) is 5.69 Å². The van der Waals surface area contributed by atoms with Crippen molar-refractivity contribution in [1.29, 1.82) is 0 Å². The second-order valence-corrected chi connectivity index (χ2v) is 6.95. The van der Waals surface area contributed by atoms with Crippen LogP contribution in [-0.2, 0) is 0 Å². The first-order valence-electron chi connectivity index (χ1n) is 9.74. The lowest BCUT2D eigenvalue weighted by Gasteiger charge is -2.28. The Morgan fingerprint density at radius 1 is 1.00 bits per heavy atom. The van der Waals surface area contributed by atoms with Gasteiger partial charge < -0.3 is 5.32 Å². The van der Waals surface area contributed by atoms with Crippen molar-refractivity contribution in [1.82, 2.24) is 30.4 Å². The highest BCUT2D eigenvalue weighted by molar-refractivity contribution is 5.90. The number of rotatable bonds is 7. The van der Waals surface area contributed by atoms with E-state index >= 15 is 0 Å². The second kappa shape index (κ2) is 8.75. The lowest BCUT2D eigenvalue weighted by Crippen LogP contribution is -2.31. The fourth-order valence-electron chi connectivity index (χ4n) is 3.67. The van der Waals surface area contributed by atoms with Gasteiger partial charge in [0.25, 0.3) is 11.7 Å². The van der Waals surface area contributed by atoms with Gasteiger partial charge in [-0.25, -0.2) is 0 Å². The fraction of sp³-hybridized carbons (Fsp3) is 0.333. The number of nitrogens with one attached hydrogen (secondary N) is 1. The molecular weight excluding hydrogens is 352 g/mol. The monoisotopic (exact) mass is 376 g/mol. The van der Waals surface area contributed by atoms with E-state index in [1.54, 1.807) is 0 Å². The van der Waals surface area contributed by atoms with Crippen molar-refractivity contribution in [3.8, 4) is 5.69 Å². The van der Waals surface area contributed by atoms with Crippen molar-refractivity contribution in [2.24, 2.45) is 0 Å². The first-order chi connectivity index (χ1) is 13.8. The number of carbonyl (C=O) groups excluding carboxylic acids is 1. The first kappa shape index (κ1) is 18.3. The number of hydrogen-bond donors (Lipinski definition) is 1. The van der Waals surface area contributed by atoms with Gasteiger partial charge in [-0.15, -0.1) is 15.0 Å². The molecular formula is C21H24N6O. The third-order valence-corrected chi connectivity index (χ3v) is 5.07. The van der Waals surface area contributed by atoms with Gasteiger partial charge in [-0.3, -0.25) is 9.69 Å². The normalized spacial score (nSPS) is 15.4. The zero-order chi connectivity index (χ0) is 19.2. The van der Waals surface area contributed by atoms with Crippen molar-refractivity contribution in [2.45, 2.75) is 25.3 Å². The summed E-state index contributed by atoms with van der Waals surface area (Å²) in [5.74, 6) is -0.211. The van der Waals surface area contributed by atoms with Gasteiger partial charge in [-0.2, -0.15) is 0 Å². The van der Waals surface area contributed by atoms with E-state index in [9.17, 15) is 4.79 Å². The SMILES string of the molecule is O=C(NCCC(c1ccccc1)N1CCCC1)c1nnn(-c2ccccc2)n1. The molecule has 0 radical (unpaired) electrons. The molecule has 0 aliphatic carbocycles. The number of tetrazole rings is 1. The van der Waals surface area contributed by atoms with Crippen LogP contribution < -0.4 is 5.32 Å². The molecule has 1 atom stereocenters. The molecule has 144 valence electrons. The molecule has 2 heterocycles. The van der Waals surface area contributed by atoms with E-state index in [1.165, 1.54) is 23.2 Å². The maximum Gasteiger partial charge on any atom is 0.292 e. The van der Waals surface area contributed by atoms with Gasteiger partial charge in [0.15, 0.2) is 0 Å². The number of nitrogens with zero attached hydrogens (tertiary/aromatic N) is 5. The number of likely N-dealkylation sites (tertiary alicyclic amines) is 1. The standard InChI is InChI=1S/C21H24N6O/c28-21(20-23-25-27(24-20)18-11-5-2-6-12-18)22-14-13-19(26-15-7-8-16-26)17-9-3-1-4-10-17/h1-6,9-12,19H,7-8,13-16H2,(H,22,28). The average molecular weight is 376 g/mol. The van der Waals surface area contributed by atoms with Crippen LogP contribution in [-0.4, -0.2) is 50.6 Å². The first-order valence-corrected chi connectivity index (χ1v) is 9.74. The van der Waals surface area contributed by atoms with E-state index in [0.29, 0.717) is 12.6 Å². The molecule has 7 heteroatoms. The second-order valence-electron chi connectivity index (χ2n) is 6.95. The highest BCUT2D eigenvalue weighted by atomic mass is 16.2. The van der Waals surface area contributed by atoms with E-state index < -0.39 is 0 Å². The van der Waals surface area contributed by atoms with Crippen LogP contribution in [0.15, 0.2) is 60.7 Å². The summed E-state index contributed by atoms with van der Waals surface area (Å²) < 4.78 is 0. The van der Waals surface area contributed by atoms with E-state index in [0.717, 1.165) is 25.2 Å². The number of aromatic nitrogens is 4. The van der Waals surface area contributed by atoms with Crippen molar-refractivity contribution < 1.29 is 4.79 Å². The summed E-state index contributed by atoms with van der Waals surface area (Å²) in [6, 6.07) is 20.2. The smallest absolute Gasteiger partial charge is 0.292 e. The molecule has 1 aliphatic heterocycles. The minimum atomic E-state index is -0.296. The molecule has 7 nitrogen and oxygen atoms in total. The van der Waals surface area contributed by atoms with Gasteiger partial charge >= 0.3 is 0 Å². The zero-order valence-electron chi connectivity index (χ0n) is 15.7. The summed E-state index contributed by atoms with van der Waals surface area (Å²) in [7, 11) is 0. The Morgan fingerprint density at radius 2 is 1.68 bits per heavy atom. The van der Waals surface area contributed by atoms with Crippen LogP contribution in [0.2, 0.25) is 0 Å². The Balaban J connectivity index is 1.37. The highest BCUT2D eigenvalue weighted by Gasteiger charge is 2.23. The average Bonchev–Trinajstić information content (AvgIpc) is 3.45. The summed E-state index contributed by atoms with van der Waals surface area (Å²) >= 11 is 0. The van der Waals surface area contributed by atoms with E-state index in [2.05, 4.69) is 49.9 Å². The fourth-order valence-corrected chi connectivity index (χ4v) is 3.67. The lowest BCUT2D eigenvalue weighted by atomic mass is 10.0. The Bertz CT molecular complexity index is 890. The minimum Gasteiger partial charge on any atom is -0.349 e. The molecule has 1 unspecified atom stereocenters. The summed E-state index contributed by atoms with van der Waals surface area (Å²) in [6.45, 7) is 2.79. The van der Waals surface area contributed by atoms with Gasteiger partial charge in [-0.1, -0.05) is 48.5 Å². The molecule has 2 aromatic carbocycles. The molecule has 28 heavy (non-hydrogen) atoms. The predicted octanol–water partition coefficient (Wildman–Crippen LogP) is 2.62.